The first-order chi connectivity index (χ1) is 12.5. The van der Waals surface area contributed by atoms with Gasteiger partial charge in [0.05, 0.1) is 5.56 Å². The minimum atomic E-state index is -0.0223. The SMILES string of the molecule is Cc1ccncc1C(=O)N[C@@H]1CN(Cc2ccccc2)C[C@H]1CN(C)C. The van der Waals surface area contributed by atoms with Gasteiger partial charge in [0.25, 0.3) is 5.91 Å². The zero-order valence-corrected chi connectivity index (χ0v) is 15.9. The molecule has 0 aliphatic carbocycles. The van der Waals surface area contributed by atoms with Gasteiger partial charge in [-0.3, -0.25) is 14.7 Å². The van der Waals surface area contributed by atoms with Crippen LogP contribution in [0.1, 0.15) is 21.5 Å². The van der Waals surface area contributed by atoms with Gasteiger partial charge in [0, 0.05) is 50.5 Å². The largest absolute Gasteiger partial charge is 0.348 e. The molecule has 0 radical (unpaired) electrons. The molecule has 5 heteroatoms. The first-order valence-electron chi connectivity index (χ1n) is 9.15. The number of likely N-dealkylation sites (tertiary alicyclic amines) is 1. The van der Waals surface area contributed by atoms with Gasteiger partial charge in [0.15, 0.2) is 0 Å². The van der Waals surface area contributed by atoms with Crippen molar-refractivity contribution in [2.24, 2.45) is 5.92 Å². The average molecular weight is 352 g/mol. The molecule has 1 saturated heterocycles. The molecule has 0 unspecified atom stereocenters. The maximum atomic E-state index is 12.7. The molecule has 3 rings (SSSR count). The normalized spacial score (nSPS) is 20.5. The Morgan fingerprint density at radius 3 is 2.69 bits per heavy atom. The van der Waals surface area contributed by atoms with Crippen LogP contribution in [0.3, 0.4) is 0 Å². The van der Waals surface area contributed by atoms with Gasteiger partial charge in [-0.1, -0.05) is 30.3 Å². The Labute approximate surface area is 156 Å². The molecular weight excluding hydrogens is 324 g/mol. The zero-order valence-electron chi connectivity index (χ0n) is 15.9. The van der Waals surface area contributed by atoms with Gasteiger partial charge >= 0.3 is 0 Å². The van der Waals surface area contributed by atoms with E-state index in [-0.39, 0.29) is 11.9 Å². The summed E-state index contributed by atoms with van der Waals surface area (Å²) in [4.78, 5) is 21.5. The number of pyridine rings is 1. The highest BCUT2D eigenvalue weighted by atomic mass is 16.1. The fourth-order valence-corrected chi connectivity index (χ4v) is 3.70. The van der Waals surface area contributed by atoms with Crippen LogP contribution in [-0.4, -0.2) is 60.5 Å². The molecule has 0 saturated carbocycles. The molecular formula is C21H28N4O. The highest BCUT2D eigenvalue weighted by Crippen LogP contribution is 2.21. The van der Waals surface area contributed by atoms with E-state index in [9.17, 15) is 4.79 Å². The smallest absolute Gasteiger partial charge is 0.253 e. The highest BCUT2D eigenvalue weighted by molar-refractivity contribution is 5.95. The van der Waals surface area contributed by atoms with E-state index in [1.54, 1.807) is 12.4 Å². The maximum Gasteiger partial charge on any atom is 0.253 e. The second-order valence-corrected chi connectivity index (χ2v) is 7.47. The van der Waals surface area contributed by atoms with Crippen molar-refractivity contribution in [2.45, 2.75) is 19.5 Å². The predicted octanol–water partition coefficient (Wildman–Crippen LogP) is 2.18. The molecule has 0 bridgehead atoms. The Hall–Kier alpha value is -2.24. The van der Waals surface area contributed by atoms with Crippen molar-refractivity contribution < 1.29 is 4.79 Å². The van der Waals surface area contributed by atoms with Crippen molar-refractivity contribution in [1.82, 2.24) is 20.1 Å². The van der Waals surface area contributed by atoms with Gasteiger partial charge in [0.1, 0.15) is 0 Å². The van der Waals surface area contributed by atoms with Gasteiger partial charge in [-0.2, -0.15) is 0 Å². The summed E-state index contributed by atoms with van der Waals surface area (Å²) in [6.45, 7) is 5.69. The quantitative estimate of drug-likeness (QED) is 0.866. The lowest BCUT2D eigenvalue weighted by Crippen LogP contribution is -2.43. The van der Waals surface area contributed by atoms with Gasteiger partial charge in [-0.25, -0.2) is 0 Å². The second kappa shape index (κ2) is 8.43. The summed E-state index contributed by atoms with van der Waals surface area (Å²) in [6, 6.07) is 12.5. The van der Waals surface area contributed by atoms with E-state index in [2.05, 4.69) is 58.5 Å². The minimum absolute atomic E-state index is 0.0223. The third kappa shape index (κ3) is 4.68. The van der Waals surface area contributed by atoms with Crippen LogP contribution in [0.15, 0.2) is 48.8 Å². The lowest BCUT2D eigenvalue weighted by atomic mass is 10.0. The van der Waals surface area contributed by atoms with Gasteiger partial charge in [0.2, 0.25) is 0 Å². The lowest BCUT2D eigenvalue weighted by molar-refractivity contribution is 0.0926. The minimum Gasteiger partial charge on any atom is -0.348 e. The maximum absolute atomic E-state index is 12.7. The summed E-state index contributed by atoms with van der Waals surface area (Å²) in [7, 11) is 4.17. The summed E-state index contributed by atoms with van der Waals surface area (Å²) in [5.74, 6) is 0.389. The summed E-state index contributed by atoms with van der Waals surface area (Å²) < 4.78 is 0. The number of carbonyl (C=O) groups is 1. The molecule has 1 amide bonds. The average Bonchev–Trinajstić information content (AvgIpc) is 2.96. The Morgan fingerprint density at radius 2 is 2.00 bits per heavy atom. The number of hydrogen-bond acceptors (Lipinski definition) is 4. The molecule has 2 atom stereocenters. The first-order valence-corrected chi connectivity index (χ1v) is 9.15. The van der Waals surface area contributed by atoms with Crippen LogP contribution in [0.4, 0.5) is 0 Å². The van der Waals surface area contributed by atoms with Crippen LogP contribution in [-0.2, 0) is 6.54 Å². The topological polar surface area (TPSA) is 48.5 Å². The number of hydrogen-bond donors (Lipinski definition) is 1. The number of rotatable bonds is 6. The van der Waals surface area contributed by atoms with E-state index < -0.39 is 0 Å². The molecule has 138 valence electrons. The highest BCUT2D eigenvalue weighted by Gasteiger charge is 2.34. The van der Waals surface area contributed by atoms with Gasteiger partial charge < -0.3 is 10.2 Å². The number of carbonyl (C=O) groups excluding carboxylic acids is 1. The van der Waals surface area contributed by atoms with Gasteiger partial charge in [-0.05, 0) is 38.2 Å². The Morgan fingerprint density at radius 1 is 1.23 bits per heavy atom. The fraction of sp³-hybridized carbons (Fsp3) is 0.429. The van der Waals surface area contributed by atoms with Gasteiger partial charge in [-0.15, -0.1) is 0 Å². The van der Waals surface area contributed by atoms with Crippen LogP contribution in [0.5, 0.6) is 0 Å². The first kappa shape index (κ1) is 18.5. The molecule has 1 fully saturated rings. The van der Waals surface area contributed by atoms with Crippen LogP contribution in [0, 0.1) is 12.8 Å². The lowest BCUT2D eigenvalue weighted by Gasteiger charge is -2.23. The van der Waals surface area contributed by atoms with E-state index >= 15 is 0 Å². The fourth-order valence-electron chi connectivity index (χ4n) is 3.70. The number of benzene rings is 1. The van der Waals surface area contributed by atoms with Crippen molar-refractivity contribution in [1.29, 1.82) is 0 Å². The number of aromatic nitrogens is 1. The summed E-state index contributed by atoms with van der Waals surface area (Å²) in [5.41, 5.74) is 2.93. The van der Waals surface area contributed by atoms with Crippen molar-refractivity contribution in [2.75, 3.05) is 33.7 Å². The van der Waals surface area contributed by atoms with Crippen molar-refractivity contribution in [3.05, 3.63) is 65.5 Å². The summed E-state index contributed by atoms with van der Waals surface area (Å²) >= 11 is 0. The molecule has 1 N–H and O–H groups in total. The monoisotopic (exact) mass is 352 g/mol. The third-order valence-electron chi connectivity index (χ3n) is 4.97. The number of nitrogens with zero attached hydrogens (tertiary/aromatic N) is 3. The van der Waals surface area contributed by atoms with E-state index in [0.29, 0.717) is 11.5 Å². The molecule has 5 nitrogen and oxygen atoms in total. The predicted molar refractivity (Wildman–Crippen MR) is 104 cm³/mol. The summed E-state index contributed by atoms with van der Waals surface area (Å²) in [5, 5.41) is 3.26. The Balaban J connectivity index is 1.69. The zero-order chi connectivity index (χ0) is 18.5. The second-order valence-electron chi connectivity index (χ2n) is 7.47. The van der Waals surface area contributed by atoms with Crippen molar-refractivity contribution >= 4 is 5.91 Å². The molecule has 1 aromatic heterocycles. The molecule has 2 heterocycles. The Bertz CT molecular complexity index is 732. The molecule has 26 heavy (non-hydrogen) atoms. The van der Waals surface area contributed by atoms with Crippen molar-refractivity contribution in [3.63, 3.8) is 0 Å². The Kier molecular flexibility index (Phi) is 6.01. The van der Waals surface area contributed by atoms with E-state index in [4.69, 9.17) is 0 Å². The summed E-state index contributed by atoms with van der Waals surface area (Å²) in [6.07, 6.45) is 3.38. The van der Waals surface area contributed by atoms with Crippen LogP contribution in [0.2, 0.25) is 0 Å². The number of nitrogens with one attached hydrogen (secondary N) is 1. The third-order valence-corrected chi connectivity index (χ3v) is 4.97. The standard InChI is InChI=1S/C21H28N4O/c1-16-9-10-22-11-19(16)21(26)23-20-15-25(14-18(20)13-24(2)3)12-17-7-5-4-6-8-17/h4-11,18,20H,12-15H2,1-3H3,(H,23,26)/t18-,20-/m1/s1. The molecule has 1 aromatic carbocycles. The number of amides is 1. The molecule has 1 aliphatic rings. The van der Waals surface area contributed by atoms with Crippen LogP contribution in [0.25, 0.3) is 0 Å². The molecule has 2 aromatic rings. The van der Waals surface area contributed by atoms with Crippen molar-refractivity contribution in [3.8, 4) is 0 Å². The number of aryl methyl sites for hydroxylation is 1. The van der Waals surface area contributed by atoms with E-state index in [0.717, 1.165) is 31.7 Å². The van der Waals surface area contributed by atoms with E-state index in [1.165, 1.54) is 5.56 Å². The van der Waals surface area contributed by atoms with E-state index in [1.807, 2.05) is 19.1 Å². The van der Waals surface area contributed by atoms with Crippen LogP contribution >= 0.6 is 0 Å². The van der Waals surface area contributed by atoms with Crippen LogP contribution < -0.4 is 5.32 Å². The molecule has 1 aliphatic heterocycles. The molecule has 0 spiro atoms.